The van der Waals surface area contributed by atoms with Gasteiger partial charge in [-0.05, 0) is 89.1 Å². The maximum absolute atomic E-state index is 13.4. The van der Waals surface area contributed by atoms with Crippen LogP contribution in [-0.2, 0) is 23.8 Å². The topological polar surface area (TPSA) is 199 Å². The zero-order chi connectivity index (χ0) is 42.1. The predicted molar refractivity (Wildman–Crippen MR) is 221 cm³/mol. The van der Waals surface area contributed by atoms with Crippen LogP contribution in [0.5, 0.6) is 0 Å². The summed E-state index contributed by atoms with van der Waals surface area (Å²) in [6.07, 6.45) is 9.34. The van der Waals surface area contributed by atoms with Gasteiger partial charge in [0.05, 0.1) is 49.9 Å². The molecule has 60 heavy (non-hydrogen) atoms. The average Bonchev–Trinajstić information content (AvgIpc) is 4.03. The minimum atomic E-state index is -0.635. The van der Waals surface area contributed by atoms with Crippen LogP contribution in [0.2, 0.25) is 0 Å². The second-order valence-electron chi connectivity index (χ2n) is 16.6. The Morgan fingerprint density at radius 3 is 2.45 bits per heavy atom. The number of aromatic amines is 1. The first-order chi connectivity index (χ1) is 29.0. The van der Waals surface area contributed by atoms with Gasteiger partial charge in [0.2, 0.25) is 11.8 Å². The number of fused-ring (bicyclic) bond motifs is 1. The van der Waals surface area contributed by atoms with Crippen LogP contribution >= 0.6 is 0 Å². The molecule has 0 radical (unpaired) electrons. The van der Waals surface area contributed by atoms with Crippen LogP contribution in [0.1, 0.15) is 94.2 Å². The largest absolute Gasteiger partial charge is 0.444 e. The van der Waals surface area contributed by atoms with Crippen LogP contribution in [0.4, 0.5) is 10.6 Å². The van der Waals surface area contributed by atoms with E-state index in [0.29, 0.717) is 74.8 Å². The highest BCUT2D eigenvalue weighted by atomic mass is 16.6. The summed E-state index contributed by atoms with van der Waals surface area (Å²) >= 11 is 0. The van der Waals surface area contributed by atoms with Crippen LogP contribution in [0, 0.1) is 5.92 Å². The summed E-state index contributed by atoms with van der Waals surface area (Å²) in [6, 6.07) is 13.9. The molecule has 1 saturated carbocycles. The van der Waals surface area contributed by atoms with Crippen LogP contribution in [0.15, 0.2) is 60.9 Å². The van der Waals surface area contributed by atoms with Gasteiger partial charge in [-0.15, -0.1) is 0 Å². The maximum Gasteiger partial charge on any atom is 0.411 e. The second-order valence-corrected chi connectivity index (χ2v) is 16.6. The van der Waals surface area contributed by atoms with Crippen LogP contribution < -0.4 is 10.6 Å². The zero-order valence-electron chi connectivity index (χ0n) is 34.7. The molecule has 3 fully saturated rings. The number of nitrogens with zero attached hydrogens (tertiary/aromatic N) is 7. The molecule has 1 aliphatic carbocycles. The van der Waals surface area contributed by atoms with Gasteiger partial charge in [0.15, 0.2) is 5.82 Å². The number of amides is 4. The molecule has 3 atom stereocenters. The number of hydrogen-bond acceptors (Lipinski definition) is 11. The standard InChI is InChI=1S/C43H56N10O7/c1-43(2,3)60-42(57)52-35-12-5-4-9-30(35)27-36(52)41(56)45-20-24-59-26-25-58-23-17-39(54)51-21-15-29(16-22-51)34-28-38(53(50-34)37-13-6-7-18-44-37)48-40(55)33-11-8-10-31(47-33)32-14-19-46-49-32/h6-8,10-11,13-14,18-19,28-30,35-36H,4-5,9,12,15-17,20-27H2,1-3H3,(H,45,56)(H,46,49)(H,48,55)/t30-,35-,36-/m0/s1. The van der Waals surface area contributed by atoms with Crippen molar-refractivity contribution < 1.29 is 33.4 Å². The predicted octanol–water partition coefficient (Wildman–Crippen LogP) is 5.12. The van der Waals surface area contributed by atoms with Crippen molar-refractivity contribution >= 4 is 29.6 Å². The number of aromatic nitrogens is 6. The van der Waals surface area contributed by atoms with Gasteiger partial charge in [-0.3, -0.25) is 24.4 Å². The van der Waals surface area contributed by atoms with Crippen molar-refractivity contribution in [1.82, 2.24) is 45.1 Å². The first-order valence-electron chi connectivity index (χ1n) is 21.1. The first-order valence-corrected chi connectivity index (χ1v) is 21.1. The molecule has 0 unspecified atom stereocenters. The minimum Gasteiger partial charge on any atom is -0.444 e. The SMILES string of the molecule is CC(C)(C)OC(=O)N1[C@H](C(=O)NCCOCCOCCC(=O)N2CCC(c3cc(NC(=O)c4cccc(-c5ccn[nH]5)n4)n(-c4ccccn4)n3)CC2)C[C@@H]2CCCC[C@@H]21. The van der Waals surface area contributed by atoms with E-state index in [9.17, 15) is 19.2 Å². The summed E-state index contributed by atoms with van der Waals surface area (Å²) in [5.41, 5.74) is 1.72. The lowest BCUT2D eigenvalue weighted by Gasteiger charge is -2.34. The number of pyridine rings is 2. The molecular weight excluding hydrogens is 769 g/mol. The number of carbonyl (C=O) groups excluding carboxylic acids is 4. The van der Waals surface area contributed by atoms with Crippen LogP contribution in [0.25, 0.3) is 17.2 Å². The van der Waals surface area contributed by atoms with E-state index in [0.717, 1.165) is 44.2 Å². The van der Waals surface area contributed by atoms with Gasteiger partial charge in [0, 0.05) is 50.1 Å². The summed E-state index contributed by atoms with van der Waals surface area (Å²) in [7, 11) is 0. The van der Waals surface area contributed by atoms with Gasteiger partial charge >= 0.3 is 6.09 Å². The number of nitrogens with one attached hydrogen (secondary N) is 3. The lowest BCUT2D eigenvalue weighted by atomic mass is 9.85. The number of piperidine rings is 1. The van der Waals surface area contributed by atoms with Gasteiger partial charge in [-0.2, -0.15) is 14.9 Å². The van der Waals surface area contributed by atoms with E-state index >= 15 is 0 Å². The lowest BCUT2D eigenvalue weighted by Crippen LogP contribution is -2.51. The summed E-state index contributed by atoms with van der Waals surface area (Å²) in [5.74, 6) is 0.910. The molecule has 0 spiro atoms. The quantitative estimate of drug-likeness (QED) is 0.135. The summed E-state index contributed by atoms with van der Waals surface area (Å²) in [4.78, 5) is 65.3. The lowest BCUT2D eigenvalue weighted by molar-refractivity contribution is -0.133. The molecule has 3 aliphatic rings. The molecule has 2 aliphatic heterocycles. The van der Waals surface area contributed by atoms with Crippen molar-refractivity contribution in [2.24, 2.45) is 5.92 Å². The average molecular weight is 825 g/mol. The van der Waals surface area contributed by atoms with Crippen molar-refractivity contribution in [3.8, 4) is 17.2 Å². The van der Waals surface area contributed by atoms with E-state index < -0.39 is 17.7 Å². The van der Waals surface area contributed by atoms with Gasteiger partial charge in [-0.25, -0.2) is 14.8 Å². The summed E-state index contributed by atoms with van der Waals surface area (Å²) < 4.78 is 18.7. The van der Waals surface area contributed by atoms with Gasteiger partial charge in [0.25, 0.3) is 5.91 Å². The fourth-order valence-electron chi connectivity index (χ4n) is 8.33. The molecule has 7 rings (SSSR count). The second kappa shape index (κ2) is 19.6. The maximum atomic E-state index is 13.4. The molecule has 4 aromatic rings. The minimum absolute atomic E-state index is 0.0288. The third-order valence-corrected chi connectivity index (χ3v) is 11.2. The molecule has 4 amide bonds. The Morgan fingerprint density at radius 1 is 0.900 bits per heavy atom. The smallest absolute Gasteiger partial charge is 0.411 e. The Morgan fingerprint density at radius 2 is 1.70 bits per heavy atom. The third kappa shape index (κ3) is 10.7. The monoisotopic (exact) mass is 824 g/mol. The molecular formula is C43H56N10O7. The third-order valence-electron chi connectivity index (χ3n) is 11.2. The van der Waals surface area contributed by atoms with Gasteiger partial charge in [0.1, 0.15) is 23.2 Å². The first kappa shape index (κ1) is 42.4. The Kier molecular flexibility index (Phi) is 13.9. The Balaban J connectivity index is 0.812. The molecule has 6 heterocycles. The Labute approximate surface area is 349 Å². The molecule has 17 nitrogen and oxygen atoms in total. The summed E-state index contributed by atoms with van der Waals surface area (Å²) in [6.45, 7) is 8.24. The molecule has 17 heteroatoms. The van der Waals surface area contributed by atoms with Gasteiger partial charge < -0.3 is 29.7 Å². The number of hydrogen-bond donors (Lipinski definition) is 3. The van der Waals surface area contributed by atoms with Crippen LogP contribution in [0.3, 0.4) is 0 Å². The van der Waals surface area contributed by atoms with E-state index in [1.54, 1.807) is 46.2 Å². The number of carbonyl (C=O) groups is 4. The fourth-order valence-corrected chi connectivity index (χ4v) is 8.33. The van der Waals surface area contributed by atoms with Crippen molar-refractivity contribution in [2.45, 2.75) is 95.7 Å². The Bertz CT molecular complexity index is 2060. The molecule has 0 aromatic carbocycles. The zero-order valence-corrected chi connectivity index (χ0v) is 34.7. The molecule has 2 saturated heterocycles. The fraction of sp³-hybridized carbons (Fsp3) is 0.535. The highest BCUT2D eigenvalue weighted by Gasteiger charge is 2.48. The Hall–Kier alpha value is -5.68. The van der Waals surface area contributed by atoms with E-state index in [1.807, 2.05) is 49.9 Å². The number of H-pyrrole nitrogens is 1. The molecule has 0 bridgehead atoms. The number of rotatable bonds is 15. The molecule has 320 valence electrons. The number of ether oxygens (including phenoxy) is 3. The summed E-state index contributed by atoms with van der Waals surface area (Å²) in [5, 5.41) is 17.6. The van der Waals surface area contributed by atoms with Crippen molar-refractivity contribution in [3.05, 3.63) is 72.3 Å². The molecule has 4 aromatic heterocycles. The van der Waals surface area contributed by atoms with Crippen molar-refractivity contribution in [2.75, 3.05) is 51.4 Å². The van der Waals surface area contributed by atoms with E-state index in [1.165, 1.54) is 0 Å². The van der Waals surface area contributed by atoms with Crippen molar-refractivity contribution in [1.29, 1.82) is 0 Å². The van der Waals surface area contributed by atoms with E-state index in [4.69, 9.17) is 19.3 Å². The van der Waals surface area contributed by atoms with Gasteiger partial charge in [-0.1, -0.05) is 25.0 Å². The highest BCUT2D eigenvalue weighted by molar-refractivity contribution is 6.02. The van der Waals surface area contributed by atoms with E-state index in [-0.39, 0.29) is 48.4 Å². The molecule has 3 N–H and O–H groups in total. The normalized spacial score (nSPS) is 19.5. The number of likely N-dealkylation sites (tertiary alicyclic amines) is 2. The van der Waals surface area contributed by atoms with Crippen LogP contribution in [-0.4, -0.2) is 127 Å². The highest BCUT2D eigenvalue weighted by Crippen LogP contribution is 2.40. The van der Waals surface area contributed by atoms with Crippen molar-refractivity contribution in [3.63, 3.8) is 0 Å². The van der Waals surface area contributed by atoms with E-state index in [2.05, 4.69) is 30.8 Å². The number of anilines is 1.